The smallest absolute Gasteiger partial charge is 0.229 e. The first-order valence-electron chi connectivity index (χ1n) is 8.95. The first-order chi connectivity index (χ1) is 14.1. The SMILES string of the molecule is O=C(Cc1sc(-c2ccccc2)nc1-c1ccccc1)Nc1ccc(F)cc1F. The maximum atomic E-state index is 13.9. The minimum absolute atomic E-state index is 0.0333. The van der Waals surface area contributed by atoms with Gasteiger partial charge in [0.2, 0.25) is 5.91 Å². The van der Waals surface area contributed by atoms with Crippen LogP contribution in [0.2, 0.25) is 0 Å². The first-order valence-corrected chi connectivity index (χ1v) is 9.77. The molecule has 0 unspecified atom stereocenters. The van der Waals surface area contributed by atoms with Crippen LogP contribution < -0.4 is 5.32 Å². The minimum atomic E-state index is -0.809. The molecule has 3 aromatic carbocycles. The molecule has 29 heavy (non-hydrogen) atoms. The summed E-state index contributed by atoms with van der Waals surface area (Å²) in [6.07, 6.45) is 0.0333. The van der Waals surface area contributed by atoms with Gasteiger partial charge in [0.25, 0.3) is 0 Å². The van der Waals surface area contributed by atoms with Crippen molar-refractivity contribution in [3.05, 3.63) is 95.4 Å². The van der Waals surface area contributed by atoms with E-state index in [0.717, 1.165) is 38.8 Å². The lowest BCUT2D eigenvalue weighted by molar-refractivity contribution is -0.115. The van der Waals surface area contributed by atoms with Crippen molar-refractivity contribution < 1.29 is 13.6 Å². The Hall–Kier alpha value is -3.38. The number of halogens is 2. The average molecular weight is 406 g/mol. The molecule has 1 aromatic heterocycles. The van der Waals surface area contributed by atoms with Crippen LogP contribution in [0.1, 0.15) is 4.88 Å². The van der Waals surface area contributed by atoms with E-state index in [1.54, 1.807) is 0 Å². The Morgan fingerprint density at radius 1 is 0.897 bits per heavy atom. The Morgan fingerprint density at radius 2 is 1.55 bits per heavy atom. The van der Waals surface area contributed by atoms with Crippen molar-refractivity contribution in [1.82, 2.24) is 4.98 Å². The molecule has 1 amide bonds. The second kappa shape index (κ2) is 8.32. The fourth-order valence-electron chi connectivity index (χ4n) is 2.93. The fraction of sp³-hybridized carbons (Fsp3) is 0.0435. The van der Waals surface area contributed by atoms with Gasteiger partial charge in [0.1, 0.15) is 16.6 Å². The van der Waals surface area contributed by atoms with Crippen LogP contribution in [0.25, 0.3) is 21.8 Å². The predicted octanol–water partition coefficient (Wildman–Crippen LogP) is 5.94. The van der Waals surface area contributed by atoms with Crippen LogP contribution in [0.4, 0.5) is 14.5 Å². The van der Waals surface area contributed by atoms with Gasteiger partial charge in [0, 0.05) is 22.1 Å². The number of nitrogens with zero attached hydrogens (tertiary/aromatic N) is 1. The zero-order chi connectivity index (χ0) is 20.2. The molecule has 4 aromatic rings. The van der Waals surface area contributed by atoms with Crippen LogP contribution >= 0.6 is 11.3 Å². The fourth-order valence-corrected chi connectivity index (χ4v) is 4.02. The second-order valence-electron chi connectivity index (χ2n) is 6.37. The molecule has 0 aliphatic heterocycles. The summed E-state index contributed by atoms with van der Waals surface area (Å²) >= 11 is 1.43. The number of carbonyl (C=O) groups excluding carboxylic acids is 1. The molecule has 1 N–H and O–H groups in total. The number of anilines is 1. The van der Waals surface area contributed by atoms with Crippen molar-refractivity contribution in [3.63, 3.8) is 0 Å². The Morgan fingerprint density at radius 3 is 2.21 bits per heavy atom. The molecule has 0 bridgehead atoms. The summed E-state index contributed by atoms with van der Waals surface area (Å²) in [4.78, 5) is 18.1. The van der Waals surface area contributed by atoms with Crippen molar-refractivity contribution >= 4 is 22.9 Å². The highest BCUT2D eigenvalue weighted by Gasteiger charge is 2.18. The molecule has 0 atom stereocenters. The molecule has 0 fully saturated rings. The molecule has 0 aliphatic carbocycles. The number of benzene rings is 3. The van der Waals surface area contributed by atoms with Gasteiger partial charge in [0.15, 0.2) is 0 Å². The Labute approximate surface area is 170 Å². The maximum Gasteiger partial charge on any atom is 0.229 e. The molecular weight excluding hydrogens is 390 g/mol. The highest BCUT2D eigenvalue weighted by atomic mass is 32.1. The predicted molar refractivity (Wildman–Crippen MR) is 112 cm³/mol. The van der Waals surface area contributed by atoms with Crippen LogP contribution in [0.5, 0.6) is 0 Å². The van der Waals surface area contributed by atoms with Crippen LogP contribution in [-0.2, 0) is 11.2 Å². The maximum absolute atomic E-state index is 13.9. The van der Waals surface area contributed by atoms with E-state index in [2.05, 4.69) is 5.32 Å². The molecule has 0 spiro atoms. The summed E-state index contributed by atoms with van der Waals surface area (Å²) in [5.41, 5.74) is 2.54. The van der Waals surface area contributed by atoms with Gasteiger partial charge in [-0.2, -0.15) is 0 Å². The van der Waals surface area contributed by atoms with Gasteiger partial charge in [0.05, 0.1) is 17.8 Å². The van der Waals surface area contributed by atoms with Crippen molar-refractivity contribution in [2.45, 2.75) is 6.42 Å². The normalized spacial score (nSPS) is 10.7. The van der Waals surface area contributed by atoms with Gasteiger partial charge < -0.3 is 5.32 Å². The average Bonchev–Trinajstić information content (AvgIpc) is 3.15. The van der Waals surface area contributed by atoms with E-state index in [4.69, 9.17) is 4.98 Å². The lowest BCUT2D eigenvalue weighted by Crippen LogP contribution is -2.15. The Kier molecular flexibility index (Phi) is 5.44. The van der Waals surface area contributed by atoms with Crippen LogP contribution in [0.3, 0.4) is 0 Å². The van der Waals surface area contributed by atoms with E-state index in [0.29, 0.717) is 0 Å². The quantitative estimate of drug-likeness (QED) is 0.446. The number of hydrogen-bond donors (Lipinski definition) is 1. The number of thiazole rings is 1. The van der Waals surface area contributed by atoms with E-state index >= 15 is 0 Å². The molecule has 1 heterocycles. The van der Waals surface area contributed by atoms with E-state index in [-0.39, 0.29) is 12.1 Å². The highest BCUT2D eigenvalue weighted by Crippen LogP contribution is 2.34. The summed E-state index contributed by atoms with van der Waals surface area (Å²) in [6.45, 7) is 0. The van der Waals surface area contributed by atoms with Gasteiger partial charge >= 0.3 is 0 Å². The van der Waals surface area contributed by atoms with E-state index < -0.39 is 17.5 Å². The zero-order valence-corrected chi connectivity index (χ0v) is 16.0. The van der Waals surface area contributed by atoms with Gasteiger partial charge in [-0.05, 0) is 12.1 Å². The summed E-state index contributed by atoms with van der Waals surface area (Å²) in [6, 6.07) is 22.4. The molecule has 4 rings (SSSR count). The topological polar surface area (TPSA) is 42.0 Å². The number of rotatable bonds is 5. The first kappa shape index (κ1) is 19.0. The van der Waals surface area contributed by atoms with Crippen molar-refractivity contribution in [2.24, 2.45) is 0 Å². The van der Waals surface area contributed by atoms with Crippen LogP contribution in [0.15, 0.2) is 78.9 Å². The van der Waals surface area contributed by atoms with Gasteiger partial charge in [-0.1, -0.05) is 60.7 Å². The molecule has 144 valence electrons. The standard InChI is InChI=1S/C23H16F2N2OS/c24-17-11-12-19(18(25)13-17)26-21(28)14-20-22(15-7-3-1-4-8-15)27-23(29-20)16-9-5-2-6-10-16/h1-13H,14H2,(H,26,28). The molecular formula is C23H16F2N2OS. The van der Waals surface area contributed by atoms with E-state index in [9.17, 15) is 13.6 Å². The molecule has 6 heteroatoms. The summed E-state index contributed by atoms with van der Waals surface area (Å²) in [7, 11) is 0. The molecule has 3 nitrogen and oxygen atoms in total. The monoisotopic (exact) mass is 406 g/mol. The Bertz CT molecular complexity index is 1140. The van der Waals surface area contributed by atoms with Crippen LogP contribution in [-0.4, -0.2) is 10.9 Å². The molecule has 0 radical (unpaired) electrons. The number of aromatic nitrogens is 1. The van der Waals surface area contributed by atoms with Crippen molar-refractivity contribution in [3.8, 4) is 21.8 Å². The number of carbonyl (C=O) groups is 1. The summed E-state index contributed by atoms with van der Waals surface area (Å²) < 4.78 is 26.9. The number of hydrogen-bond acceptors (Lipinski definition) is 3. The Balaban J connectivity index is 1.65. The third-order valence-electron chi connectivity index (χ3n) is 4.29. The molecule has 0 aliphatic rings. The van der Waals surface area contributed by atoms with Gasteiger partial charge in [-0.15, -0.1) is 11.3 Å². The molecule has 0 saturated carbocycles. The molecule has 0 saturated heterocycles. The lowest BCUT2D eigenvalue weighted by atomic mass is 10.1. The van der Waals surface area contributed by atoms with Crippen molar-refractivity contribution in [1.29, 1.82) is 0 Å². The summed E-state index contributed by atoms with van der Waals surface area (Å²) in [5, 5.41) is 3.32. The highest BCUT2D eigenvalue weighted by molar-refractivity contribution is 7.15. The largest absolute Gasteiger partial charge is 0.323 e. The number of amides is 1. The van der Waals surface area contributed by atoms with E-state index in [1.807, 2.05) is 60.7 Å². The zero-order valence-electron chi connectivity index (χ0n) is 15.2. The summed E-state index contributed by atoms with van der Waals surface area (Å²) in [5.74, 6) is -1.89. The second-order valence-corrected chi connectivity index (χ2v) is 7.46. The van der Waals surface area contributed by atoms with Crippen molar-refractivity contribution in [2.75, 3.05) is 5.32 Å². The van der Waals surface area contributed by atoms with Crippen LogP contribution in [0, 0.1) is 11.6 Å². The minimum Gasteiger partial charge on any atom is -0.323 e. The third kappa shape index (κ3) is 4.38. The number of nitrogens with one attached hydrogen (secondary N) is 1. The third-order valence-corrected chi connectivity index (χ3v) is 5.40. The van der Waals surface area contributed by atoms with E-state index in [1.165, 1.54) is 17.4 Å². The van der Waals surface area contributed by atoms with Gasteiger partial charge in [-0.25, -0.2) is 13.8 Å². The van der Waals surface area contributed by atoms with Gasteiger partial charge in [-0.3, -0.25) is 4.79 Å². The lowest BCUT2D eigenvalue weighted by Gasteiger charge is -2.07.